The van der Waals surface area contributed by atoms with Crippen molar-refractivity contribution in [3.05, 3.63) is 64.2 Å². The van der Waals surface area contributed by atoms with E-state index in [1.54, 1.807) is 6.92 Å². The molecule has 0 aliphatic heterocycles. The summed E-state index contributed by atoms with van der Waals surface area (Å²) in [6.45, 7) is 6.03. The van der Waals surface area contributed by atoms with Crippen LogP contribution in [0.1, 0.15) is 86.7 Å². The number of benzene rings is 2. The number of carbonyl (C=O) groups excluding carboxylic acids is 1. The molecule has 2 aromatic carbocycles. The van der Waals surface area contributed by atoms with Crippen LogP contribution in [0.4, 0.5) is 45.2 Å². The van der Waals surface area contributed by atoms with Gasteiger partial charge >= 0.3 is 24.5 Å². The monoisotopic (exact) mass is 640 g/mol. The molecule has 0 heterocycles. The van der Waals surface area contributed by atoms with Crippen LogP contribution in [0.5, 0.6) is 0 Å². The van der Waals surface area contributed by atoms with Gasteiger partial charge in [0.2, 0.25) is 0 Å². The third kappa shape index (κ3) is 9.77. The van der Waals surface area contributed by atoms with Crippen LogP contribution in [-0.4, -0.2) is 25.7 Å². The van der Waals surface area contributed by atoms with Gasteiger partial charge in [-0.1, -0.05) is 0 Å². The average Bonchev–Trinajstić information content (AvgIpc) is 2.94. The number of rotatable bonds is 11. The summed E-state index contributed by atoms with van der Waals surface area (Å²) in [5.74, 6) is 0.199. The molecule has 1 aliphatic rings. The number of hydrogen-bond acceptors (Lipinski definition) is 4. The van der Waals surface area contributed by atoms with E-state index in [0.717, 1.165) is 37.8 Å². The van der Waals surface area contributed by atoms with Gasteiger partial charge in [-0.15, -0.1) is 0 Å². The number of halogens is 9. The summed E-state index contributed by atoms with van der Waals surface area (Å²) in [5.41, 5.74) is -3.44. The topological polar surface area (TPSA) is 41.6 Å². The normalized spacial score (nSPS) is 18.6. The molecule has 1 fully saturated rings. The minimum Gasteiger partial charge on any atom is -0.466 e. The lowest BCUT2D eigenvalue weighted by Gasteiger charge is -2.34. The van der Waals surface area contributed by atoms with Crippen LogP contribution in [-0.2, 0) is 34.6 Å². The van der Waals surface area contributed by atoms with E-state index in [4.69, 9.17) is 4.74 Å². The van der Waals surface area contributed by atoms with Crippen LogP contribution in [0.25, 0.3) is 0 Å². The molecular formula is C31H37F9N2O2. The molecule has 0 bridgehead atoms. The Labute approximate surface area is 250 Å². The molecule has 44 heavy (non-hydrogen) atoms. The van der Waals surface area contributed by atoms with Crippen LogP contribution in [0.2, 0.25) is 0 Å². The van der Waals surface area contributed by atoms with Crippen LogP contribution in [0.15, 0.2) is 36.4 Å². The highest BCUT2D eigenvalue weighted by atomic mass is 19.4. The molecule has 13 heteroatoms. The highest BCUT2D eigenvalue weighted by Gasteiger charge is 2.37. The lowest BCUT2D eigenvalue weighted by molar-refractivity contribution is -0.145. The van der Waals surface area contributed by atoms with E-state index in [1.807, 2.05) is 11.8 Å². The number of nitrogens with zero attached hydrogens (tertiary/aromatic N) is 1. The molecular weight excluding hydrogens is 603 g/mol. The maximum atomic E-state index is 13.6. The van der Waals surface area contributed by atoms with Gasteiger partial charge in [0.25, 0.3) is 0 Å². The lowest BCUT2D eigenvalue weighted by atomic mass is 9.80. The number of anilines is 1. The van der Waals surface area contributed by atoms with E-state index >= 15 is 0 Å². The van der Waals surface area contributed by atoms with Crippen molar-refractivity contribution < 1.29 is 49.0 Å². The Morgan fingerprint density at radius 1 is 0.841 bits per heavy atom. The van der Waals surface area contributed by atoms with Gasteiger partial charge in [0, 0.05) is 37.8 Å². The first-order valence-corrected chi connectivity index (χ1v) is 14.6. The number of alkyl halides is 9. The van der Waals surface area contributed by atoms with Crippen molar-refractivity contribution in [3.8, 4) is 0 Å². The van der Waals surface area contributed by atoms with Crippen LogP contribution >= 0.6 is 0 Å². The summed E-state index contributed by atoms with van der Waals surface area (Å²) in [6.07, 6.45) is -11.1. The Hall–Kier alpha value is -2.96. The Morgan fingerprint density at radius 2 is 1.39 bits per heavy atom. The van der Waals surface area contributed by atoms with Crippen molar-refractivity contribution in [1.29, 1.82) is 0 Å². The number of esters is 1. The quantitative estimate of drug-likeness (QED) is 0.197. The van der Waals surface area contributed by atoms with Gasteiger partial charge in [0.15, 0.2) is 0 Å². The van der Waals surface area contributed by atoms with E-state index in [1.165, 1.54) is 13.0 Å². The average molecular weight is 641 g/mol. The Kier molecular flexibility index (Phi) is 11.6. The Morgan fingerprint density at radius 3 is 1.89 bits per heavy atom. The van der Waals surface area contributed by atoms with E-state index < -0.39 is 41.3 Å². The smallest absolute Gasteiger partial charge is 0.416 e. The van der Waals surface area contributed by atoms with Crippen LogP contribution in [0, 0.1) is 11.8 Å². The second-order valence-corrected chi connectivity index (χ2v) is 11.2. The number of carbonyl (C=O) groups is 1. The second-order valence-electron chi connectivity index (χ2n) is 11.2. The van der Waals surface area contributed by atoms with Gasteiger partial charge in [-0.05, 0) is 106 Å². The summed E-state index contributed by atoms with van der Waals surface area (Å²) >= 11 is 0. The summed E-state index contributed by atoms with van der Waals surface area (Å²) in [7, 11) is 0. The molecule has 0 radical (unpaired) electrons. The van der Waals surface area contributed by atoms with Gasteiger partial charge in [0.1, 0.15) is 0 Å². The number of hydrogen-bond donors (Lipinski definition) is 1. The molecule has 2 aromatic rings. The van der Waals surface area contributed by atoms with Crippen LogP contribution in [0.3, 0.4) is 0 Å². The highest BCUT2D eigenvalue weighted by Crippen LogP contribution is 2.39. The predicted octanol–water partition coefficient (Wildman–Crippen LogP) is 9.18. The molecule has 0 saturated heterocycles. The van der Waals surface area contributed by atoms with E-state index in [-0.39, 0.29) is 41.5 Å². The molecule has 0 aromatic heterocycles. The Bertz CT molecular complexity index is 1220. The van der Waals surface area contributed by atoms with E-state index in [0.29, 0.717) is 43.9 Å². The Balaban J connectivity index is 1.82. The van der Waals surface area contributed by atoms with Gasteiger partial charge < -0.3 is 15.0 Å². The molecule has 246 valence electrons. The standard InChI is InChI=1S/C31H37F9N2O2/c1-4-42(18-21-8-6-20(7-9-21)12-28(43)44-5-2)27-11-10-24(29(32,33)34)15-23(27)17-41-19(3)22-13-25(30(35,36)37)16-26(14-22)31(38,39)40/h10-11,13-16,19-21,41H,4-9,12,17-18H2,1-3H3. The number of nitrogens with one attached hydrogen (secondary N) is 1. The molecule has 3 rings (SSSR count). The third-order valence-corrected chi connectivity index (χ3v) is 8.04. The maximum absolute atomic E-state index is 13.6. The molecule has 4 nitrogen and oxygen atoms in total. The molecule has 0 amide bonds. The lowest BCUT2D eigenvalue weighted by Crippen LogP contribution is -2.33. The van der Waals surface area contributed by atoms with Crippen molar-refractivity contribution in [2.45, 2.75) is 84.0 Å². The zero-order valence-corrected chi connectivity index (χ0v) is 24.7. The van der Waals surface area contributed by atoms with Crippen molar-refractivity contribution in [2.24, 2.45) is 11.8 Å². The summed E-state index contributed by atoms with van der Waals surface area (Å²) < 4.78 is 126. The molecule has 0 spiro atoms. The maximum Gasteiger partial charge on any atom is 0.416 e. The fourth-order valence-electron chi connectivity index (χ4n) is 5.61. The fourth-order valence-corrected chi connectivity index (χ4v) is 5.61. The highest BCUT2D eigenvalue weighted by molar-refractivity contribution is 5.69. The van der Waals surface area contributed by atoms with Crippen molar-refractivity contribution in [2.75, 3.05) is 24.6 Å². The minimum atomic E-state index is -5.02. The first-order chi connectivity index (χ1) is 20.4. The SMILES string of the molecule is CCOC(=O)CC1CCC(CN(CC)c2ccc(C(F)(F)F)cc2CNC(C)c2cc(C(F)(F)F)cc(C(F)(F)F)c2)CC1. The zero-order chi connectivity index (χ0) is 32.9. The summed E-state index contributed by atoms with van der Waals surface area (Å²) in [5, 5.41) is 2.84. The number of ether oxygens (including phenoxy) is 1. The molecule has 1 saturated carbocycles. The second kappa shape index (κ2) is 14.4. The van der Waals surface area contributed by atoms with Crippen LogP contribution < -0.4 is 10.2 Å². The fraction of sp³-hybridized carbons (Fsp3) is 0.581. The van der Waals surface area contributed by atoms with Crippen molar-refractivity contribution >= 4 is 11.7 Å². The molecule has 1 unspecified atom stereocenters. The van der Waals surface area contributed by atoms with E-state index in [2.05, 4.69) is 5.32 Å². The first-order valence-electron chi connectivity index (χ1n) is 14.6. The van der Waals surface area contributed by atoms with Crippen molar-refractivity contribution in [3.63, 3.8) is 0 Å². The molecule has 1 N–H and O–H groups in total. The van der Waals surface area contributed by atoms with Gasteiger partial charge in [-0.3, -0.25) is 4.79 Å². The largest absolute Gasteiger partial charge is 0.466 e. The molecule has 1 aliphatic carbocycles. The third-order valence-electron chi connectivity index (χ3n) is 8.04. The van der Waals surface area contributed by atoms with Crippen molar-refractivity contribution in [1.82, 2.24) is 5.32 Å². The zero-order valence-electron chi connectivity index (χ0n) is 24.7. The molecule has 1 atom stereocenters. The van der Waals surface area contributed by atoms with Gasteiger partial charge in [0.05, 0.1) is 23.3 Å². The minimum absolute atomic E-state index is 0.0323. The van der Waals surface area contributed by atoms with E-state index in [9.17, 15) is 44.3 Å². The predicted molar refractivity (Wildman–Crippen MR) is 148 cm³/mol. The van der Waals surface area contributed by atoms with Gasteiger partial charge in [-0.25, -0.2) is 0 Å². The summed E-state index contributed by atoms with van der Waals surface area (Å²) in [6, 6.07) is 3.47. The summed E-state index contributed by atoms with van der Waals surface area (Å²) in [4.78, 5) is 13.8. The van der Waals surface area contributed by atoms with Gasteiger partial charge in [-0.2, -0.15) is 39.5 Å². The first kappa shape index (κ1) is 35.5.